The predicted octanol–water partition coefficient (Wildman–Crippen LogP) is 5.01. The molecule has 0 radical (unpaired) electrons. The lowest BCUT2D eigenvalue weighted by Gasteiger charge is -2.20. The standard InChI is InChI=1S/C17H18BrF2N/c1-2-9-21-17(13-5-3-4-6-15(13)19)11-12-7-8-16(20)14(18)10-12/h3-8,10,17,21H,2,9,11H2,1H3. The zero-order chi connectivity index (χ0) is 15.2. The third kappa shape index (κ3) is 4.35. The Hall–Kier alpha value is -1.26. The lowest BCUT2D eigenvalue weighted by Crippen LogP contribution is -2.25. The molecule has 0 aliphatic heterocycles. The Morgan fingerprint density at radius 2 is 1.86 bits per heavy atom. The van der Waals surface area contributed by atoms with Crippen molar-refractivity contribution < 1.29 is 8.78 Å². The van der Waals surface area contributed by atoms with E-state index in [4.69, 9.17) is 0 Å². The number of rotatable bonds is 6. The minimum atomic E-state index is -0.289. The average molecular weight is 354 g/mol. The number of hydrogen-bond acceptors (Lipinski definition) is 1. The molecular weight excluding hydrogens is 336 g/mol. The Kier molecular flexibility index (Phi) is 5.88. The lowest BCUT2D eigenvalue weighted by molar-refractivity contribution is 0.496. The second-order valence-electron chi connectivity index (χ2n) is 4.98. The van der Waals surface area contributed by atoms with Crippen LogP contribution in [0, 0.1) is 11.6 Å². The van der Waals surface area contributed by atoms with E-state index in [9.17, 15) is 8.78 Å². The van der Waals surface area contributed by atoms with Crippen molar-refractivity contribution in [2.24, 2.45) is 0 Å². The topological polar surface area (TPSA) is 12.0 Å². The quantitative estimate of drug-likeness (QED) is 0.769. The van der Waals surface area contributed by atoms with Crippen molar-refractivity contribution >= 4 is 15.9 Å². The SMILES string of the molecule is CCCNC(Cc1ccc(F)c(Br)c1)c1ccccc1F. The molecule has 0 fully saturated rings. The predicted molar refractivity (Wildman–Crippen MR) is 85.2 cm³/mol. The van der Waals surface area contributed by atoms with Crippen LogP contribution in [0.5, 0.6) is 0 Å². The van der Waals surface area contributed by atoms with Gasteiger partial charge >= 0.3 is 0 Å². The summed E-state index contributed by atoms with van der Waals surface area (Å²) >= 11 is 3.19. The molecule has 4 heteroatoms. The van der Waals surface area contributed by atoms with Crippen molar-refractivity contribution in [1.29, 1.82) is 0 Å². The van der Waals surface area contributed by atoms with Crippen LogP contribution >= 0.6 is 15.9 Å². The summed E-state index contributed by atoms with van der Waals surface area (Å²) in [6, 6.07) is 11.6. The molecular formula is C17H18BrF2N. The molecule has 1 unspecified atom stereocenters. The van der Waals surface area contributed by atoms with Crippen LogP contribution in [-0.4, -0.2) is 6.54 Å². The number of hydrogen-bond donors (Lipinski definition) is 1. The van der Waals surface area contributed by atoms with E-state index >= 15 is 0 Å². The summed E-state index contributed by atoms with van der Waals surface area (Å²) in [6.45, 7) is 2.88. The second kappa shape index (κ2) is 7.66. The summed E-state index contributed by atoms with van der Waals surface area (Å²) in [5.41, 5.74) is 1.60. The van der Waals surface area contributed by atoms with E-state index < -0.39 is 0 Å². The third-order valence-electron chi connectivity index (χ3n) is 3.35. The second-order valence-corrected chi connectivity index (χ2v) is 5.84. The number of benzene rings is 2. The Bertz CT molecular complexity index is 601. The summed E-state index contributed by atoms with van der Waals surface area (Å²) in [5.74, 6) is -0.505. The smallest absolute Gasteiger partial charge is 0.137 e. The molecule has 0 aromatic heterocycles. The van der Waals surface area contributed by atoms with Crippen molar-refractivity contribution in [2.75, 3.05) is 6.54 Å². The maximum atomic E-state index is 14.0. The van der Waals surface area contributed by atoms with Crippen LogP contribution in [0.4, 0.5) is 8.78 Å². The lowest BCUT2D eigenvalue weighted by atomic mass is 9.98. The van der Waals surface area contributed by atoms with Gasteiger partial charge in [0.1, 0.15) is 11.6 Å². The van der Waals surface area contributed by atoms with E-state index in [1.807, 2.05) is 6.07 Å². The van der Waals surface area contributed by atoms with Crippen molar-refractivity contribution in [3.63, 3.8) is 0 Å². The van der Waals surface area contributed by atoms with Gasteiger partial charge < -0.3 is 5.32 Å². The van der Waals surface area contributed by atoms with Gasteiger partial charge in [-0.25, -0.2) is 8.78 Å². The molecule has 0 spiro atoms. The van der Waals surface area contributed by atoms with Gasteiger partial charge in [-0.05, 0) is 59.1 Å². The number of halogens is 3. The first-order valence-corrected chi connectivity index (χ1v) is 7.83. The van der Waals surface area contributed by atoms with Gasteiger partial charge in [0.25, 0.3) is 0 Å². The molecule has 0 amide bonds. The Balaban J connectivity index is 2.24. The van der Waals surface area contributed by atoms with Crippen LogP contribution < -0.4 is 5.32 Å². The van der Waals surface area contributed by atoms with Crippen LogP contribution in [0.3, 0.4) is 0 Å². The maximum absolute atomic E-state index is 14.0. The highest BCUT2D eigenvalue weighted by atomic mass is 79.9. The van der Waals surface area contributed by atoms with Gasteiger partial charge in [-0.2, -0.15) is 0 Å². The van der Waals surface area contributed by atoms with Gasteiger partial charge in [-0.3, -0.25) is 0 Å². The monoisotopic (exact) mass is 353 g/mol. The van der Waals surface area contributed by atoms with Crippen LogP contribution in [-0.2, 0) is 6.42 Å². The van der Waals surface area contributed by atoms with Crippen molar-refractivity contribution in [1.82, 2.24) is 5.32 Å². The van der Waals surface area contributed by atoms with Gasteiger partial charge in [-0.15, -0.1) is 0 Å². The molecule has 0 saturated carbocycles. The van der Waals surface area contributed by atoms with E-state index in [2.05, 4.69) is 28.2 Å². The Morgan fingerprint density at radius 3 is 2.52 bits per heavy atom. The molecule has 112 valence electrons. The highest BCUT2D eigenvalue weighted by Crippen LogP contribution is 2.24. The fraction of sp³-hybridized carbons (Fsp3) is 0.294. The van der Waals surface area contributed by atoms with E-state index in [0.29, 0.717) is 16.5 Å². The average Bonchev–Trinajstić information content (AvgIpc) is 2.48. The summed E-state index contributed by atoms with van der Waals surface area (Å²) in [7, 11) is 0. The summed E-state index contributed by atoms with van der Waals surface area (Å²) in [5, 5.41) is 3.36. The molecule has 0 aliphatic carbocycles. The normalized spacial score (nSPS) is 12.4. The van der Waals surface area contributed by atoms with Crippen LogP contribution in [0.2, 0.25) is 0 Å². The minimum absolute atomic E-state index is 0.122. The highest BCUT2D eigenvalue weighted by molar-refractivity contribution is 9.10. The van der Waals surface area contributed by atoms with Gasteiger partial charge in [-0.1, -0.05) is 31.2 Å². The molecule has 0 heterocycles. The molecule has 2 aromatic carbocycles. The molecule has 2 aromatic rings. The number of nitrogens with one attached hydrogen (secondary N) is 1. The molecule has 1 nitrogen and oxygen atoms in total. The largest absolute Gasteiger partial charge is 0.310 e. The fourth-order valence-corrected chi connectivity index (χ4v) is 2.70. The Morgan fingerprint density at radius 1 is 1.10 bits per heavy atom. The van der Waals surface area contributed by atoms with Gasteiger partial charge in [0.2, 0.25) is 0 Å². The zero-order valence-corrected chi connectivity index (χ0v) is 13.5. The van der Waals surface area contributed by atoms with Gasteiger partial charge in [0.15, 0.2) is 0 Å². The molecule has 1 N–H and O–H groups in total. The molecule has 0 bridgehead atoms. The first-order valence-electron chi connectivity index (χ1n) is 7.03. The highest BCUT2D eigenvalue weighted by Gasteiger charge is 2.16. The van der Waals surface area contributed by atoms with Crippen molar-refractivity contribution in [3.05, 3.63) is 69.7 Å². The summed E-state index contributed by atoms with van der Waals surface area (Å²) < 4.78 is 27.7. The fourth-order valence-electron chi connectivity index (χ4n) is 2.27. The van der Waals surface area contributed by atoms with Gasteiger partial charge in [0.05, 0.1) is 4.47 Å². The maximum Gasteiger partial charge on any atom is 0.137 e. The van der Waals surface area contributed by atoms with E-state index in [0.717, 1.165) is 18.5 Å². The van der Waals surface area contributed by atoms with Crippen molar-refractivity contribution in [2.45, 2.75) is 25.8 Å². The molecule has 0 aliphatic rings. The van der Waals surface area contributed by atoms with Crippen LogP contribution in [0.25, 0.3) is 0 Å². The van der Waals surface area contributed by atoms with Crippen LogP contribution in [0.15, 0.2) is 46.9 Å². The molecule has 2 rings (SSSR count). The molecule has 21 heavy (non-hydrogen) atoms. The van der Waals surface area contributed by atoms with E-state index in [1.54, 1.807) is 24.3 Å². The first kappa shape index (κ1) is 16.1. The summed E-state index contributed by atoms with van der Waals surface area (Å²) in [4.78, 5) is 0. The van der Waals surface area contributed by atoms with E-state index in [1.165, 1.54) is 12.1 Å². The third-order valence-corrected chi connectivity index (χ3v) is 3.95. The molecule has 0 saturated heterocycles. The van der Waals surface area contributed by atoms with E-state index in [-0.39, 0.29) is 17.7 Å². The minimum Gasteiger partial charge on any atom is -0.310 e. The zero-order valence-electron chi connectivity index (χ0n) is 11.9. The first-order chi connectivity index (χ1) is 10.1. The van der Waals surface area contributed by atoms with Crippen molar-refractivity contribution in [3.8, 4) is 0 Å². The summed E-state index contributed by atoms with van der Waals surface area (Å²) in [6.07, 6.45) is 1.58. The molecule has 1 atom stereocenters. The van der Waals surface area contributed by atoms with Gasteiger partial charge in [0, 0.05) is 11.6 Å². The van der Waals surface area contributed by atoms with Crippen LogP contribution in [0.1, 0.15) is 30.5 Å². The Labute approximate surface area is 132 Å².